The minimum atomic E-state index is -0.646. The van der Waals surface area contributed by atoms with Gasteiger partial charge in [0.05, 0.1) is 12.2 Å². The molecule has 2 amide bonds. The summed E-state index contributed by atoms with van der Waals surface area (Å²) in [5.41, 5.74) is 1.82. The van der Waals surface area contributed by atoms with Gasteiger partial charge in [-0.15, -0.1) is 0 Å². The summed E-state index contributed by atoms with van der Waals surface area (Å²) in [5.74, 6) is 0.251. The molecule has 1 aliphatic heterocycles. The van der Waals surface area contributed by atoms with Crippen molar-refractivity contribution >= 4 is 23.2 Å². The Bertz CT molecular complexity index is 1090. The SMILES string of the molecule is CC1Oc2ccc(NC(=O)COc3ccccc3)cc2N(Cc2ccc(F)cc2)C1=O. The third kappa shape index (κ3) is 4.83. The normalized spacial score (nSPS) is 15.1. The van der Waals surface area contributed by atoms with Crippen molar-refractivity contribution in [3.05, 3.63) is 84.2 Å². The third-order valence-corrected chi connectivity index (χ3v) is 4.82. The van der Waals surface area contributed by atoms with E-state index >= 15 is 0 Å². The first-order valence-electron chi connectivity index (χ1n) is 9.84. The molecule has 0 aromatic heterocycles. The zero-order chi connectivity index (χ0) is 21.8. The Morgan fingerprint density at radius 1 is 1.10 bits per heavy atom. The number of ether oxygens (including phenoxy) is 2. The number of nitrogens with one attached hydrogen (secondary N) is 1. The summed E-state index contributed by atoms with van der Waals surface area (Å²) in [6.45, 7) is 1.79. The van der Waals surface area contributed by atoms with E-state index in [0.717, 1.165) is 5.56 Å². The minimum absolute atomic E-state index is 0.146. The monoisotopic (exact) mass is 420 g/mol. The Kier molecular flexibility index (Phi) is 5.84. The van der Waals surface area contributed by atoms with Crippen LogP contribution in [0.2, 0.25) is 0 Å². The van der Waals surface area contributed by atoms with Crippen molar-refractivity contribution < 1.29 is 23.5 Å². The second-order valence-electron chi connectivity index (χ2n) is 7.14. The lowest BCUT2D eigenvalue weighted by Crippen LogP contribution is -2.44. The fourth-order valence-corrected chi connectivity index (χ4v) is 3.28. The van der Waals surface area contributed by atoms with Crippen LogP contribution in [0.15, 0.2) is 72.8 Å². The quantitative estimate of drug-likeness (QED) is 0.650. The number of anilines is 2. The molecule has 0 saturated heterocycles. The van der Waals surface area contributed by atoms with Gasteiger partial charge in [0.1, 0.15) is 17.3 Å². The molecule has 7 heteroatoms. The van der Waals surface area contributed by atoms with E-state index < -0.39 is 6.10 Å². The van der Waals surface area contributed by atoms with E-state index in [1.165, 1.54) is 12.1 Å². The smallest absolute Gasteiger partial charge is 0.268 e. The number of carbonyl (C=O) groups excluding carboxylic acids is 2. The van der Waals surface area contributed by atoms with Crippen LogP contribution in [0.1, 0.15) is 12.5 Å². The molecule has 0 fully saturated rings. The van der Waals surface area contributed by atoms with Gasteiger partial charge in [-0.2, -0.15) is 0 Å². The average Bonchev–Trinajstić information content (AvgIpc) is 2.78. The highest BCUT2D eigenvalue weighted by atomic mass is 19.1. The van der Waals surface area contributed by atoms with Gasteiger partial charge in [0.25, 0.3) is 11.8 Å². The molecule has 158 valence electrons. The fourth-order valence-electron chi connectivity index (χ4n) is 3.28. The minimum Gasteiger partial charge on any atom is -0.484 e. The fraction of sp³-hybridized carbons (Fsp3) is 0.167. The summed E-state index contributed by atoms with van der Waals surface area (Å²) in [7, 11) is 0. The van der Waals surface area contributed by atoms with E-state index in [-0.39, 0.29) is 30.8 Å². The number of hydrogen-bond acceptors (Lipinski definition) is 4. The van der Waals surface area contributed by atoms with Gasteiger partial charge in [-0.3, -0.25) is 9.59 Å². The molecule has 1 atom stereocenters. The van der Waals surface area contributed by atoms with E-state index in [9.17, 15) is 14.0 Å². The van der Waals surface area contributed by atoms with Crippen molar-refractivity contribution in [2.75, 3.05) is 16.8 Å². The molecule has 6 nitrogen and oxygen atoms in total. The van der Waals surface area contributed by atoms with Crippen LogP contribution in [0.3, 0.4) is 0 Å². The summed E-state index contributed by atoms with van der Waals surface area (Å²) >= 11 is 0. The molecule has 1 unspecified atom stereocenters. The van der Waals surface area contributed by atoms with Gasteiger partial charge in [-0.05, 0) is 55.0 Å². The predicted molar refractivity (Wildman–Crippen MR) is 115 cm³/mol. The molecular weight excluding hydrogens is 399 g/mol. The first kappa shape index (κ1) is 20.4. The van der Waals surface area contributed by atoms with Gasteiger partial charge < -0.3 is 19.7 Å². The van der Waals surface area contributed by atoms with Crippen LogP contribution in [-0.4, -0.2) is 24.5 Å². The maximum absolute atomic E-state index is 13.2. The summed E-state index contributed by atoms with van der Waals surface area (Å²) in [6, 6.07) is 20.1. The third-order valence-electron chi connectivity index (χ3n) is 4.82. The highest BCUT2D eigenvalue weighted by Crippen LogP contribution is 2.37. The average molecular weight is 420 g/mol. The van der Waals surface area contributed by atoms with E-state index in [1.54, 1.807) is 54.3 Å². The van der Waals surface area contributed by atoms with Gasteiger partial charge >= 0.3 is 0 Å². The zero-order valence-corrected chi connectivity index (χ0v) is 16.9. The number of amides is 2. The summed E-state index contributed by atoms with van der Waals surface area (Å²) in [6.07, 6.45) is -0.646. The van der Waals surface area contributed by atoms with Crippen molar-refractivity contribution in [1.29, 1.82) is 0 Å². The molecule has 0 radical (unpaired) electrons. The molecule has 1 N–H and O–H groups in total. The van der Waals surface area contributed by atoms with Gasteiger partial charge in [0.2, 0.25) is 0 Å². The number of nitrogens with zero attached hydrogens (tertiary/aromatic N) is 1. The molecular formula is C24H21FN2O4. The highest BCUT2D eigenvalue weighted by molar-refractivity contribution is 6.01. The Morgan fingerprint density at radius 3 is 2.58 bits per heavy atom. The lowest BCUT2D eigenvalue weighted by atomic mass is 10.1. The van der Waals surface area contributed by atoms with Crippen molar-refractivity contribution in [2.45, 2.75) is 19.6 Å². The summed E-state index contributed by atoms with van der Waals surface area (Å²) in [5, 5.41) is 2.77. The van der Waals surface area contributed by atoms with Crippen LogP contribution in [0.5, 0.6) is 11.5 Å². The van der Waals surface area contributed by atoms with Crippen molar-refractivity contribution in [2.24, 2.45) is 0 Å². The molecule has 31 heavy (non-hydrogen) atoms. The number of carbonyl (C=O) groups is 2. The van der Waals surface area contributed by atoms with Gasteiger partial charge in [0.15, 0.2) is 12.7 Å². The predicted octanol–water partition coefficient (Wildman–Crippen LogP) is 4.16. The standard InChI is InChI=1S/C24H21FN2O4/c1-16-24(29)27(14-17-7-9-18(25)10-8-17)21-13-19(11-12-22(21)31-16)26-23(28)15-30-20-5-3-2-4-6-20/h2-13,16H,14-15H2,1H3,(H,26,28). The van der Waals surface area contributed by atoms with Gasteiger partial charge in [-0.25, -0.2) is 4.39 Å². The van der Waals surface area contributed by atoms with Crippen LogP contribution in [-0.2, 0) is 16.1 Å². The Labute approximate surface area is 179 Å². The molecule has 3 aromatic rings. The zero-order valence-electron chi connectivity index (χ0n) is 16.9. The molecule has 1 aliphatic rings. The van der Waals surface area contributed by atoms with Crippen molar-refractivity contribution in [3.63, 3.8) is 0 Å². The van der Waals surface area contributed by atoms with E-state index in [4.69, 9.17) is 9.47 Å². The molecule has 0 saturated carbocycles. The van der Waals surface area contributed by atoms with Crippen molar-refractivity contribution in [3.8, 4) is 11.5 Å². The number of para-hydroxylation sites is 1. The topological polar surface area (TPSA) is 67.9 Å². The number of benzene rings is 3. The summed E-state index contributed by atoms with van der Waals surface area (Å²) in [4.78, 5) is 26.6. The number of rotatable bonds is 6. The van der Waals surface area contributed by atoms with Gasteiger partial charge in [-0.1, -0.05) is 30.3 Å². The number of halogens is 1. The summed E-state index contributed by atoms with van der Waals surface area (Å²) < 4.78 is 24.4. The second-order valence-corrected chi connectivity index (χ2v) is 7.14. The second kappa shape index (κ2) is 8.87. The van der Waals surface area contributed by atoms with Crippen molar-refractivity contribution in [1.82, 2.24) is 0 Å². The maximum Gasteiger partial charge on any atom is 0.268 e. The molecule has 0 bridgehead atoms. The Balaban J connectivity index is 1.50. The lowest BCUT2D eigenvalue weighted by Gasteiger charge is -2.33. The largest absolute Gasteiger partial charge is 0.484 e. The molecule has 0 aliphatic carbocycles. The van der Waals surface area contributed by atoms with Gasteiger partial charge in [0, 0.05) is 5.69 Å². The molecule has 1 heterocycles. The van der Waals surface area contributed by atoms with E-state index in [1.807, 2.05) is 18.2 Å². The molecule has 4 rings (SSSR count). The lowest BCUT2D eigenvalue weighted by molar-refractivity contribution is -0.125. The maximum atomic E-state index is 13.2. The van der Waals surface area contributed by atoms with E-state index in [2.05, 4.69) is 5.32 Å². The van der Waals surface area contributed by atoms with Crippen LogP contribution < -0.4 is 19.7 Å². The first-order chi connectivity index (χ1) is 15.0. The van der Waals surface area contributed by atoms with Crippen LogP contribution in [0.25, 0.3) is 0 Å². The Morgan fingerprint density at radius 2 is 1.84 bits per heavy atom. The first-order valence-corrected chi connectivity index (χ1v) is 9.84. The highest BCUT2D eigenvalue weighted by Gasteiger charge is 2.31. The van der Waals surface area contributed by atoms with Crippen LogP contribution in [0.4, 0.5) is 15.8 Å². The Hall–Kier alpha value is -3.87. The molecule has 0 spiro atoms. The molecule has 3 aromatic carbocycles. The number of hydrogen-bond donors (Lipinski definition) is 1. The number of fused-ring (bicyclic) bond motifs is 1. The van der Waals surface area contributed by atoms with Crippen LogP contribution in [0, 0.1) is 5.82 Å². The van der Waals surface area contributed by atoms with E-state index in [0.29, 0.717) is 22.9 Å². The van der Waals surface area contributed by atoms with Crippen LogP contribution >= 0.6 is 0 Å².